The summed E-state index contributed by atoms with van der Waals surface area (Å²) >= 11 is 0. The van der Waals surface area contributed by atoms with Gasteiger partial charge in [0.25, 0.3) is 11.8 Å². The number of benzene rings is 2. The number of amides is 2. The number of rotatable bonds is 14. The second kappa shape index (κ2) is 15.6. The summed E-state index contributed by atoms with van der Waals surface area (Å²) in [5.41, 5.74) is 2.31. The third kappa shape index (κ3) is 9.48. The lowest BCUT2D eigenvalue weighted by Crippen LogP contribution is -2.48. The van der Waals surface area contributed by atoms with Gasteiger partial charge in [-0.1, -0.05) is 31.9 Å². The molecular weight excluding hydrogens is 526 g/mol. The molecule has 41 heavy (non-hydrogen) atoms. The van der Waals surface area contributed by atoms with E-state index in [0.717, 1.165) is 42.2 Å². The van der Waals surface area contributed by atoms with E-state index < -0.39 is 29.7 Å². The first kappa shape index (κ1) is 31.4. The van der Waals surface area contributed by atoms with Gasteiger partial charge in [0.2, 0.25) is 0 Å². The Labute approximate surface area is 240 Å². The molecule has 0 spiro atoms. The number of carbonyl (C=O) groups excluding carboxylic acids is 2. The minimum atomic E-state index is -1.12. The molecule has 0 radical (unpaired) electrons. The van der Waals surface area contributed by atoms with E-state index in [1.54, 1.807) is 4.90 Å². The second-order valence-corrected chi connectivity index (χ2v) is 9.86. The van der Waals surface area contributed by atoms with Crippen LogP contribution in [0.25, 0.3) is 0 Å². The number of hydrogen-bond donors (Lipinski definition) is 3. The molecule has 0 aliphatic heterocycles. The molecule has 1 aromatic heterocycles. The lowest BCUT2D eigenvalue weighted by molar-refractivity contribution is 0.0755. The van der Waals surface area contributed by atoms with Crippen LogP contribution in [0.1, 0.15) is 64.1 Å². The maximum absolute atomic E-state index is 13.9. The Bertz CT molecular complexity index is 1350. The van der Waals surface area contributed by atoms with Gasteiger partial charge < -0.3 is 20.6 Å². The van der Waals surface area contributed by atoms with Crippen molar-refractivity contribution in [2.24, 2.45) is 0 Å². The van der Waals surface area contributed by atoms with Crippen LogP contribution in [0.2, 0.25) is 0 Å². The van der Waals surface area contributed by atoms with Gasteiger partial charge in [0, 0.05) is 50.2 Å². The smallest absolute Gasteiger partial charge is 0.255 e. The Balaban J connectivity index is 1.77. The summed E-state index contributed by atoms with van der Waals surface area (Å²) in [5, 5.41) is 16.9. The molecule has 0 bridgehead atoms. The van der Waals surface area contributed by atoms with Crippen LogP contribution in [0, 0.1) is 24.0 Å². The Hall–Kier alpha value is -4.13. The summed E-state index contributed by atoms with van der Waals surface area (Å²) in [5.74, 6) is 0.257. The molecule has 0 saturated carbocycles. The van der Waals surface area contributed by atoms with Crippen LogP contribution in [0.5, 0.6) is 0 Å². The molecule has 0 fully saturated rings. The first-order valence-electron chi connectivity index (χ1n) is 13.7. The van der Waals surface area contributed by atoms with E-state index in [9.17, 15) is 23.5 Å². The molecule has 1 heterocycles. The molecule has 7 nitrogen and oxygen atoms in total. The number of halogens is 2. The summed E-state index contributed by atoms with van der Waals surface area (Å²) in [6.07, 6.45) is 8.64. The van der Waals surface area contributed by atoms with Gasteiger partial charge >= 0.3 is 0 Å². The average molecular weight is 563 g/mol. The van der Waals surface area contributed by atoms with E-state index in [0.29, 0.717) is 19.6 Å². The standard InChI is InChI=1S/C32H36F2N4O3/c1-4-10-38(11-5-2)32(41)26-16-25(19-36-20-26)31(40)37-29(15-24-13-27(33)17-28(34)14-24)30(39)21-35-18-23-9-7-8-22(6-3)12-23/h3,7-9,12-14,16-17,19-20,29-30,35,39H,4-5,10-11,15,18,21H2,1-2H3,(H,37,40). The lowest BCUT2D eigenvalue weighted by Gasteiger charge is -2.25. The number of carbonyl (C=O) groups is 2. The molecule has 2 amide bonds. The van der Waals surface area contributed by atoms with Crippen LogP contribution in [0.3, 0.4) is 0 Å². The van der Waals surface area contributed by atoms with Crippen LogP contribution in [-0.2, 0) is 13.0 Å². The van der Waals surface area contributed by atoms with Gasteiger partial charge in [-0.2, -0.15) is 0 Å². The first-order chi connectivity index (χ1) is 19.7. The summed E-state index contributed by atoms with van der Waals surface area (Å²) in [4.78, 5) is 32.1. The summed E-state index contributed by atoms with van der Waals surface area (Å²) < 4.78 is 27.8. The zero-order valence-electron chi connectivity index (χ0n) is 23.4. The van der Waals surface area contributed by atoms with Crippen LogP contribution >= 0.6 is 0 Å². The predicted octanol–water partition coefficient (Wildman–Crippen LogP) is 4.10. The number of terminal acetylenes is 1. The number of aromatic nitrogens is 1. The fourth-order valence-electron chi connectivity index (χ4n) is 4.51. The number of hydrogen-bond acceptors (Lipinski definition) is 5. The minimum Gasteiger partial charge on any atom is -0.390 e. The molecule has 3 aromatic rings. The third-order valence-corrected chi connectivity index (χ3v) is 6.46. The highest BCUT2D eigenvalue weighted by Gasteiger charge is 2.24. The van der Waals surface area contributed by atoms with Gasteiger partial charge in [0.05, 0.1) is 23.3 Å². The van der Waals surface area contributed by atoms with E-state index in [-0.39, 0.29) is 35.6 Å². The Morgan fingerprint density at radius 1 is 1.00 bits per heavy atom. The maximum atomic E-state index is 13.9. The zero-order chi connectivity index (χ0) is 29.8. The van der Waals surface area contributed by atoms with Crippen LogP contribution in [-0.4, -0.2) is 58.6 Å². The molecule has 0 aliphatic carbocycles. The molecule has 2 unspecified atom stereocenters. The molecular formula is C32H36F2N4O3. The maximum Gasteiger partial charge on any atom is 0.255 e. The zero-order valence-corrected chi connectivity index (χ0v) is 23.4. The van der Waals surface area contributed by atoms with Crippen molar-refractivity contribution in [2.75, 3.05) is 19.6 Å². The van der Waals surface area contributed by atoms with Crippen LogP contribution < -0.4 is 10.6 Å². The highest BCUT2D eigenvalue weighted by Crippen LogP contribution is 2.14. The summed E-state index contributed by atoms with van der Waals surface area (Å²) in [6.45, 7) is 5.61. The van der Waals surface area contributed by atoms with Crippen molar-refractivity contribution in [1.29, 1.82) is 0 Å². The molecule has 2 atom stereocenters. The highest BCUT2D eigenvalue weighted by molar-refractivity contribution is 5.99. The largest absolute Gasteiger partial charge is 0.390 e. The Morgan fingerprint density at radius 3 is 2.34 bits per heavy atom. The van der Waals surface area contributed by atoms with E-state index in [1.165, 1.54) is 18.5 Å². The molecule has 216 valence electrons. The van der Waals surface area contributed by atoms with Gasteiger partial charge in [-0.05, 0) is 60.7 Å². The van der Waals surface area contributed by atoms with Crippen molar-refractivity contribution in [3.8, 4) is 12.3 Å². The minimum absolute atomic E-state index is 0.0390. The van der Waals surface area contributed by atoms with Gasteiger partial charge in [0.1, 0.15) is 11.6 Å². The Morgan fingerprint density at radius 2 is 1.68 bits per heavy atom. The Kier molecular flexibility index (Phi) is 11.9. The number of aliphatic hydroxyl groups excluding tert-OH is 1. The lowest BCUT2D eigenvalue weighted by atomic mass is 10.00. The number of pyridine rings is 1. The quantitative estimate of drug-likeness (QED) is 0.257. The van der Waals surface area contributed by atoms with E-state index >= 15 is 0 Å². The molecule has 0 saturated heterocycles. The molecule has 9 heteroatoms. The van der Waals surface area contributed by atoms with Crippen molar-refractivity contribution in [3.05, 3.63) is 100 Å². The molecule has 3 N–H and O–H groups in total. The summed E-state index contributed by atoms with van der Waals surface area (Å²) in [7, 11) is 0. The second-order valence-electron chi connectivity index (χ2n) is 9.86. The SMILES string of the molecule is C#Cc1cccc(CNCC(O)C(Cc2cc(F)cc(F)c2)NC(=O)c2cncc(C(=O)N(CCC)CCC)c2)c1. The molecule has 3 rings (SSSR count). The van der Waals surface area contributed by atoms with Crippen LogP contribution in [0.15, 0.2) is 60.9 Å². The van der Waals surface area contributed by atoms with Gasteiger partial charge in [0.15, 0.2) is 0 Å². The average Bonchev–Trinajstić information content (AvgIpc) is 2.96. The normalized spacial score (nSPS) is 12.3. The van der Waals surface area contributed by atoms with Crippen molar-refractivity contribution >= 4 is 11.8 Å². The van der Waals surface area contributed by atoms with Crippen molar-refractivity contribution in [3.63, 3.8) is 0 Å². The first-order valence-corrected chi connectivity index (χ1v) is 13.7. The fourth-order valence-corrected chi connectivity index (χ4v) is 4.51. The topological polar surface area (TPSA) is 94.6 Å². The third-order valence-electron chi connectivity index (χ3n) is 6.46. The van der Waals surface area contributed by atoms with E-state index in [4.69, 9.17) is 6.42 Å². The number of nitrogens with one attached hydrogen (secondary N) is 2. The van der Waals surface area contributed by atoms with E-state index in [2.05, 4.69) is 21.5 Å². The monoisotopic (exact) mass is 562 g/mol. The van der Waals surface area contributed by atoms with Crippen molar-refractivity contribution in [1.82, 2.24) is 20.5 Å². The molecule has 0 aliphatic rings. The highest BCUT2D eigenvalue weighted by atomic mass is 19.1. The fraction of sp³-hybridized carbons (Fsp3) is 0.344. The number of nitrogens with zero attached hydrogens (tertiary/aromatic N) is 2. The summed E-state index contributed by atoms with van der Waals surface area (Å²) in [6, 6.07) is 11.0. The van der Waals surface area contributed by atoms with Crippen LogP contribution in [0.4, 0.5) is 8.78 Å². The van der Waals surface area contributed by atoms with Gasteiger partial charge in [-0.25, -0.2) is 8.78 Å². The van der Waals surface area contributed by atoms with Gasteiger partial charge in [-0.3, -0.25) is 14.6 Å². The predicted molar refractivity (Wildman–Crippen MR) is 154 cm³/mol. The van der Waals surface area contributed by atoms with Gasteiger partial charge in [-0.15, -0.1) is 6.42 Å². The number of aliphatic hydroxyl groups is 1. The molecule has 2 aromatic carbocycles. The van der Waals surface area contributed by atoms with E-state index in [1.807, 2.05) is 38.1 Å². The van der Waals surface area contributed by atoms with Crippen molar-refractivity contribution < 1.29 is 23.5 Å². The van der Waals surface area contributed by atoms with Crippen molar-refractivity contribution in [2.45, 2.75) is 51.8 Å².